The van der Waals surface area contributed by atoms with E-state index >= 15 is 0 Å². The van der Waals surface area contributed by atoms with Crippen LogP contribution >= 0.6 is 0 Å². The Bertz CT molecular complexity index is 227. The first-order valence-electron chi connectivity index (χ1n) is 6.09. The molecule has 0 aromatic heterocycles. The van der Waals surface area contributed by atoms with Crippen LogP contribution < -0.4 is 0 Å². The normalized spacial score (nSPS) is 17.6. The molecular formula is C12H24N2O2. The molecule has 1 aliphatic rings. The molecule has 0 bridgehead atoms. The van der Waals surface area contributed by atoms with Crippen LogP contribution in [0.5, 0.6) is 0 Å². The quantitative estimate of drug-likeness (QED) is 0.692. The number of rotatable bonds is 7. The van der Waals surface area contributed by atoms with Gasteiger partial charge in [0.1, 0.15) is 0 Å². The Morgan fingerprint density at radius 2 is 2.06 bits per heavy atom. The second kappa shape index (κ2) is 6.21. The summed E-state index contributed by atoms with van der Waals surface area (Å²) >= 11 is 0. The van der Waals surface area contributed by atoms with E-state index < -0.39 is 0 Å². The third kappa shape index (κ3) is 5.47. The van der Waals surface area contributed by atoms with Crippen LogP contribution in [0.2, 0.25) is 0 Å². The van der Waals surface area contributed by atoms with E-state index in [-0.39, 0.29) is 12.0 Å². The first kappa shape index (κ1) is 13.5. The van der Waals surface area contributed by atoms with E-state index in [9.17, 15) is 4.79 Å². The average molecular weight is 228 g/mol. The number of hydrogen-bond acceptors (Lipinski definition) is 3. The Kier molecular flexibility index (Phi) is 5.22. The largest absolute Gasteiger partial charge is 0.393 e. The van der Waals surface area contributed by atoms with Crippen LogP contribution in [0.4, 0.5) is 0 Å². The van der Waals surface area contributed by atoms with Crippen LogP contribution in [0.1, 0.15) is 26.2 Å². The molecule has 1 rings (SSSR count). The van der Waals surface area contributed by atoms with Gasteiger partial charge in [-0.2, -0.15) is 0 Å². The molecule has 4 nitrogen and oxygen atoms in total. The Morgan fingerprint density at radius 3 is 2.56 bits per heavy atom. The van der Waals surface area contributed by atoms with E-state index in [2.05, 4.69) is 0 Å². The summed E-state index contributed by atoms with van der Waals surface area (Å²) in [5, 5.41) is 9.15. The van der Waals surface area contributed by atoms with Crippen LogP contribution in [0.3, 0.4) is 0 Å². The second-order valence-electron chi connectivity index (χ2n) is 5.09. The van der Waals surface area contributed by atoms with Gasteiger partial charge in [0.25, 0.3) is 0 Å². The van der Waals surface area contributed by atoms with Gasteiger partial charge in [0.15, 0.2) is 0 Å². The van der Waals surface area contributed by atoms with Crippen LogP contribution in [-0.2, 0) is 4.79 Å². The number of nitrogens with zero attached hydrogens (tertiary/aromatic N) is 2. The zero-order valence-corrected chi connectivity index (χ0v) is 10.6. The van der Waals surface area contributed by atoms with Crippen molar-refractivity contribution in [1.82, 2.24) is 9.80 Å². The molecule has 0 spiro atoms. The van der Waals surface area contributed by atoms with Crippen LogP contribution in [0.15, 0.2) is 0 Å². The number of aliphatic hydroxyl groups excluding tert-OH is 1. The van der Waals surface area contributed by atoms with Gasteiger partial charge >= 0.3 is 0 Å². The lowest BCUT2D eigenvalue weighted by Crippen LogP contribution is -2.38. The number of aliphatic hydroxyl groups is 1. The molecular weight excluding hydrogens is 204 g/mol. The van der Waals surface area contributed by atoms with Crippen molar-refractivity contribution in [3.8, 4) is 0 Å². The monoisotopic (exact) mass is 228 g/mol. The standard InChI is InChI=1S/C12H24N2O2/c1-10(15)6-7-13(2)9-12(16)14(3)8-11-4-5-11/h10-11,15H,4-9H2,1-3H3. The fourth-order valence-corrected chi connectivity index (χ4v) is 1.63. The summed E-state index contributed by atoms with van der Waals surface area (Å²) in [7, 11) is 3.80. The van der Waals surface area contributed by atoms with Crippen molar-refractivity contribution in [2.75, 3.05) is 33.7 Å². The van der Waals surface area contributed by atoms with Gasteiger partial charge in [0.05, 0.1) is 12.6 Å². The first-order chi connectivity index (χ1) is 7.49. The van der Waals surface area contributed by atoms with Crippen molar-refractivity contribution in [2.24, 2.45) is 5.92 Å². The molecule has 0 heterocycles. The maximum absolute atomic E-state index is 11.8. The molecule has 0 aromatic carbocycles. The van der Waals surface area contributed by atoms with Crippen molar-refractivity contribution in [3.63, 3.8) is 0 Å². The van der Waals surface area contributed by atoms with Gasteiger partial charge in [0, 0.05) is 20.1 Å². The van der Waals surface area contributed by atoms with Gasteiger partial charge in [-0.15, -0.1) is 0 Å². The molecule has 4 heteroatoms. The number of carbonyl (C=O) groups is 1. The molecule has 1 aliphatic carbocycles. The molecule has 0 aromatic rings. The van der Waals surface area contributed by atoms with Crippen molar-refractivity contribution >= 4 is 5.91 Å². The van der Waals surface area contributed by atoms with Gasteiger partial charge in [-0.1, -0.05) is 0 Å². The lowest BCUT2D eigenvalue weighted by molar-refractivity contribution is -0.131. The fourth-order valence-electron chi connectivity index (χ4n) is 1.63. The lowest BCUT2D eigenvalue weighted by Gasteiger charge is -2.22. The van der Waals surface area contributed by atoms with Gasteiger partial charge in [-0.25, -0.2) is 0 Å². The Balaban J connectivity index is 2.15. The average Bonchev–Trinajstić information content (AvgIpc) is 2.98. The zero-order chi connectivity index (χ0) is 12.1. The third-order valence-corrected chi connectivity index (χ3v) is 2.99. The maximum Gasteiger partial charge on any atom is 0.236 e. The molecule has 1 atom stereocenters. The van der Waals surface area contributed by atoms with E-state index in [4.69, 9.17) is 5.11 Å². The Labute approximate surface area is 98.2 Å². The van der Waals surface area contributed by atoms with Gasteiger partial charge in [-0.05, 0) is 39.2 Å². The Hall–Kier alpha value is -0.610. The molecule has 94 valence electrons. The number of likely N-dealkylation sites (N-methyl/N-ethyl adjacent to an activating group) is 2. The topological polar surface area (TPSA) is 43.8 Å². The molecule has 1 amide bonds. The smallest absolute Gasteiger partial charge is 0.236 e. The van der Waals surface area contributed by atoms with Crippen LogP contribution in [0, 0.1) is 5.92 Å². The highest BCUT2D eigenvalue weighted by molar-refractivity contribution is 5.77. The predicted octanol–water partition coefficient (Wildman–Crippen LogP) is 0.557. The molecule has 0 saturated heterocycles. The summed E-state index contributed by atoms with van der Waals surface area (Å²) in [5.41, 5.74) is 0. The van der Waals surface area contributed by atoms with Crippen LogP contribution in [-0.4, -0.2) is 60.6 Å². The van der Waals surface area contributed by atoms with Gasteiger partial charge in [-0.3, -0.25) is 9.69 Å². The molecule has 16 heavy (non-hydrogen) atoms. The summed E-state index contributed by atoms with van der Waals surface area (Å²) in [6.07, 6.45) is 2.97. The van der Waals surface area contributed by atoms with Crippen molar-refractivity contribution in [3.05, 3.63) is 0 Å². The van der Waals surface area contributed by atoms with E-state index in [1.807, 2.05) is 23.9 Å². The second-order valence-corrected chi connectivity index (χ2v) is 5.09. The highest BCUT2D eigenvalue weighted by Gasteiger charge is 2.24. The van der Waals surface area contributed by atoms with Gasteiger partial charge < -0.3 is 10.0 Å². The summed E-state index contributed by atoms with van der Waals surface area (Å²) in [6, 6.07) is 0. The van der Waals surface area contributed by atoms with Crippen molar-refractivity contribution < 1.29 is 9.90 Å². The summed E-state index contributed by atoms with van der Waals surface area (Å²) in [6.45, 7) is 3.90. The first-order valence-corrected chi connectivity index (χ1v) is 6.09. The fraction of sp³-hybridized carbons (Fsp3) is 0.917. The summed E-state index contributed by atoms with van der Waals surface area (Å²) in [5.74, 6) is 0.928. The highest BCUT2D eigenvalue weighted by atomic mass is 16.3. The molecule has 1 N–H and O–H groups in total. The number of carbonyl (C=O) groups excluding carboxylic acids is 1. The van der Waals surface area contributed by atoms with Crippen LogP contribution in [0.25, 0.3) is 0 Å². The molecule has 0 radical (unpaired) electrons. The van der Waals surface area contributed by atoms with E-state index in [0.717, 1.165) is 25.4 Å². The Morgan fingerprint density at radius 1 is 1.44 bits per heavy atom. The number of amides is 1. The minimum Gasteiger partial charge on any atom is -0.393 e. The number of hydrogen-bond donors (Lipinski definition) is 1. The van der Waals surface area contributed by atoms with Crippen molar-refractivity contribution in [1.29, 1.82) is 0 Å². The lowest BCUT2D eigenvalue weighted by atomic mass is 10.3. The molecule has 1 unspecified atom stereocenters. The minimum atomic E-state index is -0.290. The van der Waals surface area contributed by atoms with Crippen molar-refractivity contribution in [2.45, 2.75) is 32.3 Å². The minimum absolute atomic E-state index is 0.181. The molecule has 0 aliphatic heterocycles. The molecule has 1 saturated carbocycles. The maximum atomic E-state index is 11.8. The third-order valence-electron chi connectivity index (χ3n) is 2.99. The van der Waals surface area contributed by atoms with E-state index in [1.54, 1.807) is 6.92 Å². The van der Waals surface area contributed by atoms with E-state index in [1.165, 1.54) is 12.8 Å². The predicted molar refractivity (Wildman–Crippen MR) is 64.2 cm³/mol. The highest BCUT2D eigenvalue weighted by Crippen LogP contribution is 2.29. The summed E-state index contributed by atoms with van der Waals surface area (Å²) in [4.78, 5) is 15.6. The zero-order valence-electron chi connectivity index (χ0n) is 10.6. The SMILES string of the molecule is CC(O)CCN(C)CC(=O)N(C)CC1CC1. The molecule has 1 fully saturated rings. The van der Waals surface area contributed by atoms with Gasteiger partial charge in [0.2, 0.25) is 5.91 Å². The van der Waals surface area contributed by atoms with E-state index in [0.29, 0.717) is 6.54 Å². The summed E-state index contributed by atoms with van der Waals surface area (Å²) < 4.78 is 0.